The fourth-order valence-corrected chi connectivity index (χ4v) is 2.88. The van der Waals surface area contributed by atoms with Crippen LogP contribution in [0.15, 0.2) is 30.3 Å². The summed E-state index contributed by atoms with van der Waals surface area (Å²) in [5.41, 5.74) is 2.94. The molecule has 6 nitrogen and oxygen atoms in total. The van der Waals surface area contributed by atoms with Gasteiger partial charge in [-0.2, -0.15) is 5.10 Å². The van der Waals surface area contributed by atoms with Gasteiger partial charge in [0, 0.05) is 25.7 Å². The molecule has 1 aromatic carbocycles. The van der Waals surface area contributed by atoms with Gasteiger partial charge in [0.05, 0.1) is 17.7 Å². The molecule has 2 amide bonds. The van der Waals surface area contributed by atoms with Crippen LogP contribution in [0.25, 0.3) is 0 Å². The average Bonchev–Trinajstić information content (AvgIpc) is 3.33. The maximum Gasteiger partial charge on any atom is 0.273 e. The average molecular weight is 368 g/mol. The second-order valence-corrected chi connectivity index (χ2v) is 8.43. The third-order valence-corrected chi connectivity index (χ3v) is 4.66. The Morgan fingerprint density at radius 1 is 1.19 bits per heavy atom. The Bertz CT molecular complexity index is 840. The monoisotopic (exact) mass is 368 g/mol. The highest BCUT2D eigenvalue weighted by atomic mass is 16.2. The number of anilines is 1. The Hall–Kier alpha value is -2.63. The van der Waals surface area contributed by atoms with Gasteiger partial charge >= 0.3 is 0 Å². The van der Waals surface area contributed by atoms with E-state index in [0.717, 1.165) is 24.1 Å². The first-order valence-electron chi connectivity index (χ1n) is 9.36. The highest BCUT2D eigenvalue weighted by molar-refractivity contribution is 6.03. The lowest BCUT2D eigenvalue weighted by Crippen LogP contribution is -2.29. The zero-order valence-corrected chi connectivity index (χ0v) is 16.7. The Morgan fingerprint density at radius 3 is 2.33 bits per heavy atom. The second-order valence-electron chi connectivity index (χ2n) is 8.43. The van der Waals surface area contributed by atoms with Gasteiger partial charge in [-0.1, -0.05) is 12.1 Å². The molecule has 1 aliphatic rings. The van der Waals surface area contributed by atoms with E-state index < -0.39 is 0 Å². The number of benzene rings is 1. The molecule has 0 unspecified atom stereocenters. The van der Waals surface area contributed by atoms with Crippen molar-refractivity contribution in [2.45, 2.75) is 51.5 Å². The first kappa shape index (κ1) is 19.1. The van der Waals surface area contributed by atoms with Gasteiger partial charge in [0.15, 0.2) is 0 Å². The molecule has 27 heavy (non-hydrogen) atoms. The van der Waals surface area contributed by atoms with Crippen molar-refractivity contribution in [3.05, 3.63) is 47.3 Å². The van der Waals surface area contributed by atoms with Crippen molar-refractivity contribution < 1.29 is 9.59 Å². The zero-order valence-electron chi connectivity index (χ0n) is 16.7. The van der Waals surface area contributed by atoms with Crippen molar-refractivity contribution in [1.82, 2.24) is 14.7 Å². The SMILES string of the molecule is CN(C)C(=O)Cc1ccc(NC(=O)c2cc(C3CC3)nn2C(C)(C)C)cc1. The van der Waals surface area contributed by atoms with E-state index in [1.807, 2.05) is 55.8 Å². The molecule has 144 valence electrons. The van der Waals surface area contributed by atoms with E-state index in [9.17, 15) is 9.59 Å². The zero-order chi connectivity index (χ0) is 19.8. The lowest BCUT2D eigenvalue weighted by atomic mass is 10.1. The van der Waals surface area contributed by atoms with Crippen molar-refractivity contribution in [1.29, 1.82) is 0 Å². The fraction of sp³-hybridized carbons (Fsp3) is 0.476. The number of rotatable bonds is 5. The molecule has 1 N–H and O–H groups in total. The molecule has 0 radical (unpaired) electrons. The maximum atomic E-state index is 12.9. The molecular formula is C21H28N4O2. The molecule has 0 saturated heterocycles. The smallest absolute Gasteiger partial charge is 0.273 e. The molecule has 3 rings (SSSR count). The number of likely N-dealkylation sites (N-methyl/N-ethyl adjacent to an activating group) is 1. The van der Waals surface area contributed by atoms with E-state index in [2.05, 4.69) is 10.4 Å². The third kappa shape index (κ3) is 4.56. The first-order valence-corrected chi connectivity index (χ1v) is 9.36. The molecule has 0 atom stereocenters. The molecule has 2 aromatic rings. The van der Waals surface area contributed by atoms with Crippen LogP contribution < -0.4 is 5.32 Å². The molecular weight excluding hydrogens is 340 g/mol. The summed E-state index contributed by atoms with van der Waals surface area (Å²) < 4.78 is 1.82. The van der Waals surface area contributed by atoms with Crippen molar-refractivity contribution >= 4 is 17.5 Å². The summed E-state index contributed by atoms with van der Waals surface area (Å²) in [5, 5.41) is 7.63. The van der Waals surface area contributed by atoms with Crippen LogP contribution >= 0.6 is 0 Å². The van der Waals surface area contributed by atoms with Crippen LogP contribution in [0.3, 0.4) is 0 Å². The predicted octanol–water partition coefficient (Wildman–Crippen LogP) is 3.40. The lowest BCUT2D eigenvalue weighted by molar-refractivity contribution is -0.127. The predicted molar refractivity (Wildman–Crippen MR) is 106 cm³/mol. The quantitative estimate of drug-likeness (QED) is 0.879. The number of nitrogens with one attached hydrogen (secondary N) is 1. The Morgan fingerprint density at radius 2 is 1.81 bits per heavy atom. The fourth-order valence-electron chi connectivity index (χ4n) is 2.88. The van der Waals surface area contributed by atoms with Gasteiger partial charge < -0.3 is 10.2 Å². The molecule has 6 heteroatoms. The summed E-state index contributed by atoms with van der Waals surface area (Å²) in [6.07, 6.45) is 2.65. The summed E-state index contributed by atoms with van der Waals surface area (Å²) in [7, 11) is 3.48. The van der Waals surface area contributed by atoms with Crippen molar-refractivity contribution in [2.24, 2.45) is 0 Å². The number of nitrogens with zero attached hydrogens (tertiary/aromatic N) is 3. The van der Waals surface area contributed by atoms with Gasteiger partial charge in [0.1, 0.15) is 5.69 Å². The maximum absolute atomic E-state index is 12.9. The molecule has 1 heterocycles. The van der Waals surface area contributed by atoms with Gasteiger partial charge in [-0.25, -0.2) is 0 Å². The van der Waals surface area contributed by atoms with Crippen LogP contribution in [0.2, 0.25) is 0 Å². The van der Waals surface area contributed by atoms with E-state index in [-0.39, 0.29) is 17.4 Å². The number of hydrogen-bond donors (Lipinski definition) is 1. The minimum Gasteiger partial charge on any atom is -0.349 e. The largest absolute Gasteiger partial charge is 0.349 e. The summed E-state index contributed by atoms with van der Waals surface area (Å²) in [5.74, 6) is 0.378. The number of amides is 2. The van der Waals surface area contributed by atoms with Crippen LogP contribution in [-0.2, 0) is 16.8 Å². The van der Waals surface area contributed by atoms with E-state index in [1.165, 1.54) is 0 Å². The van der Waals surface area contributed by atoms with Crippen LogP contribution in [0.5, 0.6) is 0 Å². The van der Waals surface area contributed by atoms with Gasteiger partial charge in [-0.3, -0.25) is 14.3 Å². The summed E-state index contributed by atoms with van der Waals surface area (Å²) in [4.78, 5) is 26.2. The van der Waals surface area contributed by atoms with Gasteiger partial charge in [0.2, 0.25) is 5.91 Å². The summed E-state index contributed by atoms with van der Waals surface area (Å²) >= 11 is 0. The lowest BCUT2D eigenvalue weighted by Gasteiger charge is -2.22. The van der Waals surface area contributed by atoms with Crippen LogP contribution in [0.4, 0.5) is 5.69 Å². The molecule has 1 aromatic heterocycles. The van der Waals surface area contributed by atoms with Crippen LogP contribution in [0.1, 0.15) is 61.3 Å². The highest BCUT2D eigenvalue weighted by Gasteiger charge is 2.31. The van der Waals surface area contributed by atoms with E-state index >= 15 is 0 Å². The molecule has 0 bridgehead atoms. The molecule has 1 saturated carbocycles. The Labute approximate surface area is 160 Å². The number of aromatic nitrogens is 2. The minimum atomic E-state index is -0.268. The second kappa shape index (κ2) is 7.18. The van der Waals surface area contributed by atoms with Gasteiger partial charge in [0.25, 0.3) is 5.91 Å². The third-order valence-electron chi connectivity index (χ3n) is 4.66. The summed E-state index contributed by atoms with van der Waals surface area (Å²) in [6, 6.07) is 9.31. The van der Waals surface area contributed by atoms with E-state index in [1.54, 1.807) is 19.0 Å². The highest BCUT2D eigenvalue weighted by Crippen LogP contribution is 2.40. The van der Waals surface area contributed by atoms with E-state index in [0.29, 0.717) is 23.7 Å². The molecule has 1 fully saturated rings. The van der Waals surface area contributed by atoms with Crippen molar-refractivity contribution in [3.63, 3.8) is 0 Å². The van der Waals surface area contributed by atoms with Crippen molar-refractivity contribution in [3.8, 4) is 0 Å². The Balaban J connectivity index is 1.74. The van der Waals surface area contributed by atoms with Gasteiger partial charge in [-0.05, 0) is 57.4 Å². The summed E-state index contributed by atoms with van der Waals surface area (Å²) in [6.45, 7) is 6.14. The Kier molecular flexibility index (Phi) is 5.09. The molecule has 0 spiro atoms. The molecule has 1 aliphatic carbocycles. The van der Waals surface area contributed by atoms with E-state index in [4.69, 9.17) is 0 Å². The number of hydrogen-bond acceptors (Lipinski definition) is 3. The van der Waals surface area contributed by atoms with Crippen LogP contribution in [-0.4, -0.2) is 40.6 Å². The molecule has 0 aliphatic heterocycles. The number of carbonyl (C=O) groups is 2. The normalized spacial score (nSPS) is 14.1. The standard InChI is InChI=1S/C21H28N4O2/c1-21(2,3)25-18(13-17(23-25)15-8-9-15)20(27)22-16-10-6-14(7-11-16)12-19(26)24(4)5/h6-7,10-11,13,15H,8-9,12H2,1-5H3,(H,22,27). The topological polar surface area (TPSA) is 67.2 Å². The first-order chi connectivity index (χ1) is 12.6. The minimum absolute atomic E-state index is 0.0495. The number of carbonyl (C=O) groups excluding carboxylic acids is 2. The van der Waals surface area contributed by atoms with Crippen LogP contribution in [0, 0.1) is 0 Å². The van der Waals surface area contributed by atoms with Gasteiger partial charge in [-0.15, -0.1) is 0 Å². The van der Waals surface area contributed by atoms with Crippen molar-refractivity contribution in [2.75, 3.05) is 19.4 Å².